The molecule has 0 spiro atoms. The van der Waals surface area contributed by atoms with Crippen molar-refractivity contribution in [1.29, 1.82) is 0 Å². The third-order valence-electron chi connectivity index (χ3n) is 2.91. The van der Waals surface area contributed by atoms with Gasteiger partial charge in [0.2, 0.25) is 0 Å². The molecule has 0 atom stereocenters. The zero-order valence-corrected chi connectivity index (χ0v) is 10.8. The Morgan fingerprint density at radius 3 is 2.95 bits per heavy atom. The van der Waals surface area contributed by atoms with E-state index in [1.54, 1.807) is 31.5 Å². The van der Waals surface area contributed by atoms with E-state index in [4.69, 9.17) is 9.15 Å². The molecule has 2 aromatic heterocycles. The van der Waals surface area contributed by atoms with Crippen LogP contribution in [0.3, 0.4) is 0 Å². The number of nitrogens with one attached hydrogen (secondary N) is 1. The number of rotatable bonds is 3. The van der Waals surface area contributed by atoms with Gasteiger partial charge in [-0.25, -0.2) is 0 Å². The van der Waals surface area contributed by atoms with Crippen molar-refractivity contribution >= 4 is 22.5 Å². The van der Waals surface area contributed by atoms with Crippen LogP contribution in [0, 0.1) is 0 Å². The molecule has 3 rings (SSSR count). The van der Waals surface area contributed by atoms with Gasteiger partial charge in [-0.15, -0.1) is 0 Å². The van der Waals surface area contributed by atoms with Gasteiger partial charge in [-0.05, 0) is 24.3 Å². The number of hydrogen-bond donors (Lipinski definition) is 1. The van der Waals surface area contributed by atoms with Gasteiger partial charge in [0.15, 0.2) is 5.76 Å². The number of fused-ring (bicyclic) bond motifs is 1. The smallest absolute Gasteiger partial charge is 0.291 e. The molecule has 0 saturated carbocycles. The molecule has 5 nitrogen and oxygen atoms in total. The molecule has 2 heterocycles. The van der Waals surface area contributed by atoms with Crippen molar-refractivity contribution < 1.29 is 13.9 Å². The number of nitrogens with zero attached hydrogens (tertiary/aromatic N) is 1. The van der Waals surface area contributed by atoms with Crippen molar-refractivity contribution in [2.24, 2.45) is 0 Å². The third-order valence-corrected chi connectivity index (χ3v) is 2.91. The summed E-state index contributed by atoms with van der Waals surface area (Å²) in [6.07, 6.45) is 3.13. The Labute approximate surface area is 115 Å². The van der Waals surface area contributed by atoms with Crippen LogP contribution in [0.5, 0.6) is 5.75 Å². The minimum Gasteiger partial charge on any atom is -0.497 e. The lowest BCUT2D eigenvalue weighted by molar-refractivity contribution is 0.0997. The van der Waals surface area contributed by atoms with E-state index in [1.165, 1.54) is 6.26 Å². The Hall–Kier alpha value is -2.82. The number of pyridine rings is 1. The van der Waals surface area contributed by atoms with Gasteiger partial charge in [-0.1, -0.05) is 6.07 Å². The summed E-state index contributed by atoms with van der Waals surface area (Å²) in [5, 5.41) is 3.68. The standard InChI is InChI=1S/C15H12N2O3/c1-19-11-8-10-4-2-6-16-14(10)12(9-11)17-15(18)13-5-3-7-20-13/h2-9H,1H3,(H,17,18). The second-order valence-corrected chi connectivity index (χ2v) is 4.18. The fourth-order valence-electron chi connectivity index (χ4n) is 1.97. The molecule has 0 bridgehead atoms. The summed E-state index contributed by atoms with van der Waals surface area (Å²) in [5.41, 5.74) is 1.29. The topological polar surface area (TPSA) is 64.4 Å². The molecule has 0 aliphatic heterocycles. The largest absolute Gasteiger partial charge is 0.497 e. The number of anilines is 1. The van der Waals surface area contributed by atoms with Crippen LogP contribution in [0.15, 0.2) is 53.3 Å². The number of amides is 1. The molecule has 1 N–H and O–H groups in total. The Balaban J connectivity index is 2.03. The summed E-state index contributed by atoms with van der Waals surface area (Å²) in [4.78, 5) is 16.3. The van der Waals surface area contributed by atoms with Crippen LogP contribution in [-0.2, 0) is 0 Å². The number of aromatic nitrogens is 1. The first kappa shape index (κ1) is 12.2. The fraction of sp³-hybridized carbons (Fsp3) is 0.0667. The quantitative estimate of drug-likeness (QED) is 0.792. The molecule has 0 unspecified atom stereocenters. The number of benzene rings is 1. The normalized spacial score (nSPS) is 10.4. The van der Waals surface area contributed by atoms with E-state index < -0.39 is 0 Å². The Kier molecular flexibility index (Phi) is 3.09. The van der Waals surface area contributed by atoms with Crippen LogP contribution in [0.4, 0.5) is 5.69 Å². The molecule has 3 aromatic rings. The maximum absolute atomic E-state index is 12.0. The number of carbonyl (C=O) groups excluding carboxylic acids is 1. The van der Waals surface area contributed by atoms with Crippen LogP contribution in [-0.4, -0.2) is 18.0 Å². The van der Waals surface area contributed by atoms with E-state index in [0.717, 1.165) is 5.39 Å². The molecule has 100 valence electrons. The van der Waals surface area contributed by atoms with Gasteiger partial charge in [0, 0.05) is 17.6 Å². The molecule has 1 aromatic carbocycles. The monoisotopic (exact) mass is 268 g/mol. The lowest BCUT2D eigenvalue weighted by Gasteiger charge is -2.09. The van der Waals surface area contributed by atoms with Gasteiger partial charge < -0.3 is 14.5 Å². The number of hydrogen-bond acceptors (Lipinski definition) is 4. The first-order chi connectivity index (χ1) is 9.78. The first-order valence-electron chi connectivity index (χ1n) is 6.05. The van der Waals surface area contributed by atoms with Gasteiger partial charge >= 0.3 is 0 Å². The summed E-state index contributed by atoms with van der Waals surface area (Å²) < 4.78 is 10.3. The zero-order chi connectivity index (χ0) is 13.9. The summed E-state index contributed by atoms with van der Waals surface area (Å²) in [6.45, 7) is 0. The van der Waals surface area contributed by atoms with E-state index in [1.807, 2.05) is 18.2 Å². The maximum Gasteiger partial charge on any atom is 0.291 e. The van der Waals surface area contributed by atoms with E-state index in [2.05, 4.69) is 10.3 Å². The highest BCUT2D eigenvalue weighted by molar-refractivity contribution is 6.07. The highest BCUT2D eigenvalue weighted by Crippen LogP contribution is 2.28. The molecule has 0 radical (unpaired) electrons. The average Bonchev–Trinajstić information content (AvgIpc) is 3.01. The molecule has 0 saturated heterocycles. The second kappa shape index (κ2) is 5.05. The van der Waals surface area contributed by atoms with Gasteiger partial charge in [0.25, 0.3) is 5.91 Å². The predicted molar refractivity (Wildman–Crippen MR) is 75.0 cm³/mol. The van der Waals surface area contributed by atoms with Crippen molar-refractivity contribution in [3.63, 3.8) is 0 Å². The molecular weight excluding hydrogens is 256 g/mol. The lowest BCUT2D eigenvalue weighted by atomic mass is 10.1. The molecule has 0 aliphatic rings. The first-order valence-corrected chi connectivity index (χ1v) is 6.05. The number of ether oxygens (including phenoxy) is 1. The van der Waals surface area contributed by atoms with Crippen molar-refractivity contribution in [3.8, 4) is 5.75 Å². The van der Waals surface area contributed by atoms with E-state index in [-0.39, 0.29) is 11.7 Å². The van der Waals surface area contributed by atoms with Crippen LogP contribution >= 0.6 is 0 Å². The molecule has 5 heteroatoms. The van der Waals surface area contributed by atoms with Crippen LogP contribution in [0.25, 0.3) is 10.9 Å². The fourth-order valence-corrected chi connectivity index (χ4v) is 1.97. The molecular formula is C15H12N2O3. The number of carbonyl (C=O) groups is 1. The predicted octanol–water partition coefficient (Wildman–Crippen LogP) is 3.09. The highest BCUT2D eigenvalue weighted by atomic mass is 16.5. The van der Waals surface area contributed by atoms with Gasteiger partial charge in [0.1, 0.15) is 5.75 Å². The van der Waals surface area contributed by atoms with Crippen molar-refractivity contribution in [3.05, 3.63) is 54.6 Å². The Morgan fingerprint density at radius 1 is 1.30 bits per heavy atom. The second-order valence-electron chi connectivity index (χ2n) is 4.18. The Bertz CT molecular complexity index is 751. The minimum atomic E-state index is -0.324. The van der Waals surface area contributed by atoms with E-state index >= 15 is 0 Å². The van der Waals surface area contributed by atoms with Crippen LogP contribution < -0.4 is 10.1 Å². The zero-order valence-electron chi connectivity index (χ0n) is 10.8. The molecule has 20 heavy (non-hydrogen) atoms. The molecule has 1 amide bonds. The maximum atomic E-state index is 12.0. The van der Waals surface area contributed by atoms with Gasteiger partial charge in [-0.2, -0.15) is 0 Å². The summed E-state index contributed by atoms with van der Waals surface area (Å²) in [7, 11) is 1.58. The summed E-state index contributed by atoms with van der Waals surface area (Å²) in [5.74, 6) is 0.576. The van der Waals surface area contributed by atoms with Gasteiger partial charge in [-0.3, -0.25) is 9.78 Å². The van der Waals surface area contributed by atoms with E-state index in [9.17, 15) is 4.79 Å². The van der Waals surface area contributed by atoms with Crippen LogP contribution in [0.2, 0.25) is 0 Å². The van der Waals surface area contributed by atoms with Crippen molar-refractivity contribution in [2.75, 3.05) is 12.4 Å². The highest BCUT2D eigenvalue weighted by Gasteiger charge is 2.12. The molecule has 0 aliphatic carbocycles. The van der Waals surface area contributed by atoms with Crippen LogP contribution in [0.1, 0.15) is 10.6 Å². The average molecular weight is 268 g/mol. The van der Waals surface area contributed by atoms with Gasteiger partial charge in [0.05, 0.1) is 24.6 Å². The third kappa shape index (κ3) is 2.21. The molecule has 0 fully saturated rings. The Morgan fingerprint density at radius 2 is 2.20 bits per heavy atom. The number of furan rings is 1. The lowest BCUT2D eigenvalue weighted by Crippen LogP contribution is -2.11. The SMILES string of the molecule is COc1cc(NC(=O)c2ccco2)c2ncccc2c1. The van der Waals surface area contributed by atoms with Crippen molar-refractivity contribution in [1.82, 2.24) is 4.98 Å². The number of methoxy groups -OCH3 is 1. The van der Waals surface area contributed by atoms with E-state index in [0.29, 0.717) is 17.0 Å². The summed E-state index contributed by atoms with van der Waals surface area (Å²) in [6, 6.07) is 10.6. The van der Waals surface area contributed by atoms with Crippen molar-refractivity contribution in [2.45, 2.75) is 0 Å². The summed E-state index contributed by atoms with van der Waals surface area (Å²) >= 11 is 0. The minimum absolute atomic E-state index is 0.247.